The fourth-order valence-corrected chi connectivity index (χ4v) is 1.97. The largest absolute Gasteiger partial charge is 0.396 e. The van der Waals surface area contributed by atoms with E-state index in [-0.39, 0.29) is 17.9 Å². The van der Waals surface area contributed by atoms with E-state index < -0.39 is 0 Å². The molecule has 0 spiro atoms. The van der Waals surface area contributed by atoms with Crippen LogP contribution in [0.4, 0.5) is 5.69 Å². The Labute approximate surface area is 87.9 Å². The van der Waals surface area contributed by atoms with Gasteiger partial charge < -0.3 is 10.8 Å². The second kappa shape index (κ2) is 4.02. The highest BCUT2D eigenvalue weighted by molar-refractivity contribution is 5.81. The molecular formula is C10H15N3O2. The van der Waals surface area contributed by atoms with Gasteiger partial charge in [-0.15, -0.1) is 0 Å². The van der Waals surface area contributed by atoms with Gasteiger partial charge in [0, 0.05) is 5.92 Å². The third-order valence-electron chi connectivity index (χ3n) is 2.87. The molecule has 1 aromatic heterocycles. The lowest BCUT2D eigenvalue weighted by molar-refractivity contribution is 0.0672. The summed E-state index contributed by atoms with van der Waals surface area (Å²) >= 11 is 0. The van der Waals surface area contributed by atoms with E-state index in [4.69, 9.17) is 5.73 Å². The maximum absolute atomic E-state index is 11.9. The Morgan fingerprint density at radius 2 is 2.13 bits per heavy atom. The van der Waals surface area contributed by atoms with Gasteiger partial charge in [0.25, 0.3) is 0 Å². The number of carbonyl (C=O) groups is 1. The summed E-state index contributed by atoms with van der Waals surface area (Å²) in [5.41, 5.74) is 5.99. The number of aromatic nitrogens is 2. The molecule has 5 nitrogen and oxygen atoms in total. The van der Waals surface area contributed by atoms with Gasteiger partial charge in [0.2, 0.25) is 5.91 Å². The maximum Gasteiger partial charge on any atom is 0.250 e. The molecule has 1 heterocycles. The van der Waals surface area contributed by atoms with Crippen LogP contribution in [0.2, 0.25) is 0 Å². The lowest BCUT2D eigenvalue weighted by atomic mass is 9.87. The molecule has 82 valence electrons. The van der Waals surface area contributed by atoms with Crippen molar-refractivity contribution in [3.63, 3.8) is 0 Å². The highest BCUT2D eigenvalue weighted by Gasteiger charge is 2.26. The second-order valence-electron chi connectivity index (χ2n) is 4.06. The maximum atomic E-state index is 11.9. The Kier molecular flexibility index (Phi) is 2.73. The van der Waals surface area contributed by atoms with Gasteiger partial charge in [0.15, 0.2) is 0 Å². The molecule has 1 aliphatic rings. The zero-order chi connectivity index (χ0) is 10.8. The summed E-state index contributed by atoms with van der Waals surface area (Å²) in [5, 5.41) is 13.2. The topological polar surface area (TPSA) is 81.1 Å². The first kappa shape index (κ1) is 10.2. The van der Waals surface area contributed by atoms with Crippen LogP contribution in [0.15, 0.2) is 12.4 Å². The van der Waals surface area contributed by atoms with E-state index in [2.05, 4.69) is 5.10 Å². The number of carbonyl (C=O) groups excluding carboxylic acids is 1. The molecule has 0 amide bonds. The Bertz CT molecular complexity index is 353. The third kappa shape index (κ3) is 2.18. The number of nitrogens with zero attached hydrogens (tertiary/aromatic N) is 2. The van der Waals surface area contributed by atoms with Gasteiger partial charge in [-0.1, -0.05) is 0 Å². The van der Waals surface area contributed by atoms with Crippen LogP contribution in [0.3, 0.4) is 0 Å². The minimum absolute atomic E-state index is 0.0152. The van der Waals surface area contributed by atoms with Crippen molar-refractivity contribution in [1.82, 2.24) is 9.78 Å². The molecule has 0 unspecified atom stereocenters. The first-order valence-electron chi connectivity index (χ1n) is 5.19. The molecule has 15 heavy (non-hydrogen) atoms. The van der Waals surface area contributed by atoms with Crippen molar-refractivity contribution < 1.29 is 9.90 Å². The fourth-order valence-electron chi connectivity index (χ4n) is 1.97. The smallest absolute Gasteiger partial charge is 0.250 e. The number of rotatable bonds is 1. The zero-order valence-electron chi connectivity index (χ0n) is 8.47. The zero-order valence-corrected chi connectivity index (χ0v) is 8.47. The van der Waals surface area contributed by atoms with Gasteiger partial charge >= 0.3 is 0 Å². The number of hydrogen-bond donors (Lipinski definition) is 2. The first-order chi connectivity index (χ1) is 7.16. The molecule has 0 bridgehead atoms. The molecule has 1 saturated carbocycles. The molecule has 0 saturated heterocycles. The number of aliphatic hydroxyl groups excluding tert-OH is 1. The van der Waals surface area contributed by atoms with Crippen molar-refractivity contribution in [2.24, 2.45) is 5.92 Å². The van der Waals surface area contributed by atoms with E-state index in [9.17, 15) is 9.90 Å². The highest BCUT2D eigenvalue weighted by atomic mass is 16.3. The molecule has 0 radical (unpaired) electrons. The number of aliphatic hydroxyl groups is 1. The van der Waals surface area contributed by atoms with E-state index >= 15 is 0 Å². The molecular weight excluding hydrogens is 194 g/mol. The summed E-state index contributed by atoms with van der Waals surface area (Å²) in [6, 6.07) is 0. The molecule has 0 aliphatic heterocycles. The van der Waals surface area contributed by atoms with E-state index in [1.54, 1.807) is 0 Å². The van der Waals surface area contributed by atoms with Crippen molar-refractivity contribution >= 4 is 11.6 Å². The van der Waals surface area contributed by atoms with Crippen molar-refractivity contribution in [3.05, 3.63) is 12.4 Å². The Balaban J connectivity index is 2.02. The van der Waals surface area contributed by atoms with Gasteiger partial charge in [-0.3, -0.25) is 4.79 Å². The van der Waals surface area contributed by atoms with E-state index in [1.165, 1.54) is 17.1 Å². The molecule has 2 rings (SSSR count). The molecule has 1 fully saturated rings. The van der Waals surface area contributed by atoms with Crippen LogP contribution in [0.25, 0.3) is 0 Å². The van der Waals surface area contributed by atoms with Gasteiger partial charge in [-0.2, -0.15) is 5.10 Å². The first-order valence-corrected chi connectivity index (χ1v) is 5.19. The predicted molar refractivity (Wildman–Crippen MR) is 55.2 cm³/mol. The van der Waals surface area contributed by atoms with Gasteiger partial charge in [-0.05, 0) is 25.7 Å². The molecule has 1 aromatic rings. The van der Waals surface area contributed by atoms with Crippen LogP contribution in [-0.2, 0) is 0 Å². The van der Waals surface area contributed by atoms with Gasteiger partial charge in [-0.25, -0.2) is 4.68 Å². The van der Waals surface area contributed by atoms with Gasteiger partial charge in [0.1, 0.15) is 0 Å². The Morgan fingerprint density at radius 1 is 1.47 bits per heavy atom. The number of nitrogen functional groups attached to an aromatic ring is 1. The summed E-state index contributed by atoms with van der Waals surface area (Å²) in [5.74, 6) is -0.0358. The predicted octanol–water partition coefficient (Wildman–Crippen LogP) is 0.657. The quantitative estimate of drug-likeness (QED) is 0.711. The minimum atomic E-state index is -0.239. The van der Waals surface area contributed by atoms with E-state index in [1.807, 2.05) is 0 Å². The monoisotopic (exact) mass is 209 g/mol. The van der Waals surface area contributed by atoms with Crippen molar-refractivity contribution in [2.75, 3.05) is 5.73 Å². The van der Waals surface area contributed by atoms with E-state index in [0.29, 0.717) is 18.5 Å². The Morgan fingerprint density at radius 3 is 2.67 bits per heavy atom. The number of anilines is 1. The molecule has 0 aromatic carbocycles. The highest BCUT2D eigenvalue weighted by Crippen LogP contribution is 2.25. The lowest BCUT2D eigenvalue weighted by Gasteiger charge is -2.23. The van der Waals surface area contributed by atoms with Crippen LogP contribution in [0, 0.1) is 5.92 Å². The lowest BCUT2D eigenvalue weighted by Crippen LogP contribution is -2.28. The molecule has 5 heteroatoms. The van der Waals surface area contributed by atoms with Gasteiger partial charge in [0.05, 0.1) is 24.2 Å². The SMILES string of the molecule is Nc1cnn(C(=O)C2CCC(O)CC2)c1. The Hall–Kier alpha value is -1.36. The van der Waals surface area contributed by atoms with Crippen LogP contribution in [0.1, 0.15) is 30.5 Å². The molecule has 0 atom stereocenters. The average molecular weight is 209 g/mol. The number of hydrogen-bond acceptors (Lipinski definition) is 4. The van der Waals surface area contributed by atoms with Crippen LogP contribution in [0.5, 0.6) is 0 Å². The second-order valence-corrected chi connectivity index (χ2v) is 4.06. The summed E-state index contributed by atoms with van der Waals surface area (Å²) in [4.78, 5) is 11.9. The van der Waals surface area contributed by atoms with Crippen molar-refractivity contribution in [1.29, 1.82) is 0 Å². The van der Waals surface area contributed by atoms with Crippen LogP contribution < -0.4 is 5.73 Å². The summed E-state index contributed by atoms with van der Waals surface area (Å²) in [6.07, 6.45) is 5.64. The van der Waals surface area contributed by atoms with Crippen LogP contribution >= 0.6 is 0 Å². The van der Waals surface area contributed by atoms with Crippen LogP contribution in [-0.4, -0.2) is 26.9 Å². The van der Waals surface area contributed by atoms with Crippen molar-refractivity contribution in [2.45, 2.75) is 31.8 Å². The number of nitrogens with two attached hydrogens (primary N) is 1. The molecule has 1 aliphatic carbocycles. The summed E-state index contributed by atoms with van der Waals surface area (Å²) in [7, 11) is 0. The minimum Gasteiger partial charge on any atom is -0.396 e. The fraction of sp³-hybridized carbons (Fsp3) is 0.600. The standard InChI is InChI=1S/C10H15N3O2/c11-8-5-12-13(6-8)10(15)7-1-3-9(14)4-2-7/h5-7,9,14H,1-4,11H2. The summed E-state index contributed by atoms with van der Waals surface area (Å²) in [6.45, 7) is 0. The average Bonchev–Trinajstić information content (AvgIpc) is 2.65. The molecule has 3 N–H and O–H groups in total. The summed E-state index contributed by atoms with van der Waals surface area (Å²) < 4.78 is 1.30. The van der Waals surface area contributed by atoms with Crippen molar-refractivity contribution in [3.8, 4) is 0 Å². The normalized spacial score (nSPS) is 26.5. The van der Waals surface area contributed by atoms with E-state index in [0.717, 1.165) is 12.8 Å². The third-order valence-corrected chi connectivity index (χ3v) is 2.87.